The summed E-state index contributed by atoms with van der Waals surface area (Å²) in [6.45, 7) is 0. The zero-order chi connectivity index (χ0) is 9.47. The Bertz CT molecular complexity index is 314. The van der Waals surface area contributed by atoms with Crippen molar-refractivity contribution in [1.82, 2.24) is 0 Å². The molecule has 1 nitrogen and oxygen atoms in total. The van der Waals surface area contributed by atoms with Gasteiger partial charge in [-0.25, -0.2) is 4.39 Å². The van der Waals surface area contributed by atoms with Gasteiger partial charge in [0.1, 0.15) is 5.67 Å². The normalized spacial score (nSPS) is 33.9. The molecule has 4 heteroatoms. The van der Waals surface area contributed by atoms with E-state index in [4.69, 9.17) is 5.73 Å². The first-order chi connectivity index (χ1) is 6.12. The van der Waals surface area contributed by atoms with Gasteiger partial charge in [0.05, 0.1) is 0 Å². The first-order valence-corrected chi connectivity index (χ1v) is 6.02. The highest BCUT2D eigenvalue weighted by Crippen LogP contribution is 2.45. The van der Waals surface area contributed by atoms with Gasteiger partial charge >= 0.3 is 0 Å². The fourth-order valence-electron chi connectivity index (χ4n) is 1.88. The van der Waals surface area contributed by atoms with Crippen LogP contribution < -0.4 is 5.73 Å². The molecule has 0 aromatic carbocycles. The van der Waals surface area contributed by atoms with E-state index in [0.717, 1.165) is 16.5 Å². The Hall–Kier alpha value is 0.0700. The summed E-state index contributed by atoms with van der Waals surface area (Å²) in [6.07, 6.45) is 1.81. The van der Waals surface area contributed by atoms with Gasteiger partial charge in [0, 0.05) is 27.9 Å². The molecule has 1 heterocycles. The highest BCUT2D eigenvalue weighted by Gasteiger charge is 2.41. The van der Waals surface area contributed by atoms with Gasteiger partial charge in [-0.3, -0.25) is 0 Å². The molecule has 2 atom stereocenters. The van der Waals surface area contributed by atoms with Gasteiger partial charge in [-0.05, 0) is 34.2 Å². The Morgan fingerprint density at radius 3 is 2.85 bits per heavy atom. The second kappa shape index (κ2) is 3.33. The summed E-state index contributed by atoms with van der Waals surface area (Å²) in [5.74, 6) is 0. The van der Waals surface area contributed by atoms with E-state index in [1.165, 1.54) is 11.3 Å². The molecule has 0 saturated heterocycles. The van der Waals surface area contributed by atoms with Crippen molar-refractivity contribution in [2.75, 3.05) is 0 Å². The van der Waals surface area contributed by atoms with Crippen LogP contribution >= 0.6 is 27.3 Å². The van der Waals surface area contributed by atoms with Crippen LogP contribution in [0.1, 0.15) is 24.8 Å². The van der Waals surface area contributed by atoms with Crippen LogP contribution in [-0.4, -0.2) is 6.04 Å². The average molecular weight is 264 g/mol. The first kappa shape index (κ1) is 9.62. The molecular weight excluding hydrogens is 253 g/mol. The summed E-state index contributed by atoms with van der Waals surface area (Å²) in [5.41, 5.74) is 5.32. The summed E-state index contributed by atoms with van der Waals surface area (Å²) in [4.78, 5) is 0. The van der Waals surface area contributed by atoms with Gasteiger partial charge in [-0.1, -0.05) is 0 Å². The Morgan fingerprint density at radius 2 is 2.38 bits per heavy atom. The van der Waals surface area contributed by atoms with E-state index in [1.807, 2.05) is 10.8 Å². The Balaban J connectivity index is 2.30. The Morgan fingerprint density at radius 1 is 1.62 bits per heavy atom. The van der Waals surface area contributed by atoms with Crippen LogP contribution in [0.5, 0.6) is 0 Å². The van der Waals surface area contributed by atoms with Crippen molar-refractivity contribution < 1.29 is 4.39 Å². The molecule has 2 rings (SSSR count). The third kappa shape index (κ3) is 1.67. The maximum atomic E-state index is 14.3. The fraction of sp³-hybridized carbons (Fsp3) is 0.556. The predicted molar refractivity (Wildman–Crippen MR) is 56.6 cm³/mol. The largest absolute Gasteiger partial charge is 0.328 e. The molecule has 1 aromatic rings. The maximum absolute atomic E-state index is 14.3. The summed E-state index contributed by atoms with van der Waals surface area (Å²) in [7, 11) is 0. The van der Waals surface area contributed by atoms with E-state index < -0.39 is 5.67 Å². The van der Waals surface area contributed by atoms with E-state index in [2.05, 4.69) is 15.9 Å². The molecule has 1 aliphatic carbocycles. The molecule has 0 bridgehead atoms. The molecule has 72 valence electrons. The Labute approximate surface area is 89.3 Å². The van der Waals surface area contributed by atoms with Crippen molar-refractivity contribution in [3.05, 3.63) is 20.8 Å². The molecule has 0 aliphatic heterocycles. The van der Waals surface area contributed by atoms with Crippen molar-refractivity contribution in [3.8, 4) is 0 Å². The van der Waals surface area contributed by atoms with Crippen molar-refractivity contribution in [2.45, 2.75) is 31.0 Å². The van der Waals surface area contributed by atoms with Crippen LogP contribution in [0.4, 0.5) is 4.39 Å². The number of alkyl halides is 1. The minimum Gasteiger partial charge on any atom is -0.328 e. The maximum Gasteiger partial charge on any atom is 0.139 e. The van der Waals surface area contributed by atoms with Crippen LogP contribution in [0.2, 0.25) is 0 Å². The Kier molecular flexibility index (Phi) is 2.47. The molecule has 2 N–H and O–H groups in total. The van der Waals surface area contributed by atoms with Crippen LogP contribution in [0.15, 0.2) is 15.2 Å². The van der Waals surface area contributed by atoms with Crippen molar-refractivity contribution in [3.63, 3.8) is 0 Å². The van der Waals surface area contributed by atoms with E-state index in [-0.39, 0.29) is 6.04 Å². The van der Waals surface area contributed by atoms with E-state index >= 15 is 0 Å². The third-order valence-electron chi connectivity index (χ3n) is 2.59. The second-order valence-corrected chi connectivity index (χ2v) is 5.20. The lowest BCUT2D eigenvalue weighted by molar-refractivity contribution is 0.172. The second-order valence-electron chi connectivity index (χ2n) is 3.60. The lowest BCUT2D eigenvalue weighted by Gasteiger charge is -2.18. The zero-order valence-electron chi connectivity index (χ0n) is 7.09. The van der Waals surface area contributed by atoms with Crippen molar-refractivity contribution in [1.29, 1.82) is 0 Å². The number of nitrogens with two attached hydrogens (primary N) is 1. The van der Waals surface area contributed by atoms with Gasteiger partial charge in [0.25, 0.3) is 0 Å². The van der Waals surface area contributed by atoms with Gasteiger partial charge in [0.15, 0.2) is 0 Å². The SMILES string of the molecule is NC1CCC(F)(c2cscc2Br)C1. The van der Waals surface area contributed by atoms with Crippen LogP contribution in [0, 0.1) is 0 Å². The molecule has 1 aromatic heterocycles. The summed E-state index contributed by atoms with van der Waals surface area (Å²) in [5, 5.41) is 3.79. The standard InChI is InChI=1S/C9H11BrFNS/c10-8-5-13-4-7(8)9(11)2-1-6(12)3-9/h4-6H,1-3,12H2. The average Bonchev–Trinajstić information content (AvgIpc) is 2.59. The predicted octanol–water partition coefficient (Wildman–Crippen LogP) is 3.19. The number of hydrogen-bond acceptors (Lipinski definition) is 2. The molecule has 2 unspecified atom stereocenters. The van der Waals surface area contributed by atoms with E-state index in [1.54, 1.807) is 0 Å². The molecule has 13 heavy (non-hydrogen) atoms. The quantitative estimate of drug-likeness (QED) is 0.828. The number of thiophene rings is 1. The molecule has 0 amide bonds. The fourth-order valence-corrected chi connectivity index (χ4v) is 3.61. The lowest BCUT2D eigenvalue weighted by Crippen LogP contribution is -2.21. The molecule has 0 radical (unpaired) electrons. The molecule has 0 spiro atoms. The van der Waals surface area contributed by atoms with Crippen molar-refractivity contribution in [2.24, 2.45) is 5.73 Å². The van der Waals surface area contributed by atoms with Crippen LogP contribution in [0.3, 0.4) is 0 Å². The highest BCUT2D eigenvalue weighted by molar-refractivity contribution is 9.10. The van der Waals surface area contributed by atoms with Crippen LogP contribution in [0.25, 0.3) is 0 Å². The monoisotopic (exact) mass is 263 g/mol. The topological polar surface area (TPSA) is 26.0 Å². The van der Waals surface area contributed by atoms with Gasteiger partial charge in [-0.2, -0.15) is 11.3 Å². The van der Waals surface area contributed by atoms with Gasteiger partial charge in [-0.15, -0.1) is 0 Å². The van der Waals surface area contributed by atoms with Crippen LogP contribution in [-0.2, 0) is 5.67 Å². The van der Waals surface area contributed by atoms with Gasteiger partial charge in [0.2, 0.25) is 0 Å². The van der Waals surface area contributed by atoms with Crippen molar-refractivity contribution >= 4 is 27.3 Å². The van der Waals surface area contributed by atoms with Gasteiger partial charge < -0.3 is 5.73 Å². The summed E-state index contributed by atoms with van der Waals surface area (Å²) < 4.78 is 15.2. The molecule has 1 fully saturated rings. The summed E-state index contributed by atoms with van der Waals surface area (Å²) in [6, 6.07) is 0.0248. The highest BCUT2D eigenvalue weighted by atomic mass is 79.9. The van der Waals surface area contributed by atoms with E-state index in [0.29, 0.717) is 12.8 Å². The minimum absolute atomic E-state index is 0.0248. The first-order valence-electron chi connectivity index (χ1n) is 4.28. The summed E-state index contributed by atoms with van der Waals surface area (Å²) >= 11 is 4.89. The van der Waals surface area contributed by atoms with E-state index in [9.17, 15) is 4.39 Å². The molecular formula is C9H11BrFNS. The smallest absolute Gasteiger partial charge is 0.139 e. The molecule has 1 saturated carbocycles. The number of halogens is 2. The minimum atomic E-state index is -1.18. The zero-order valence-corrected chi connectivity index (χ0v) is 9.50. The third-order valence-corrected chi connectivity index (χ3v) is 4.30. The number of hydrogen-bond donors (Lipinski definition) is 1. The molecule has 1 aliphatic rings. The lowest BCUT2D eigenvalue weighted by atomic mass is 9.97. The number of rotatable bonds is 1.